The van der Waals surface area contributed by atoms with Gasteiger partial charge in [0.1, 0.15) is 4.83 Å². The number of thiophene rings is 1. The molecule has 1 N–H and O–H groups in total. The van der Waals surface area contributed by atoms with Gasteiger partial charge in [-0.1, -0.05) is 6.07 Å². The maximum absolute atomic E-state index is 12.8. The summed E-state index contributed by atoms with van der Waals surface area (Å²) in [5, 5.41) is 3.91. The van der Waals surface area contributed by atoms with Crippen LogP contribution in [0.2, 0.25) is 0 Å². The largest absolute Gasteiger partial charge is 0.383 e. The first kappa shape index (κ1) is 19.5. The highest BCUT2D eigenvalue weighted by Crippen LogP contribution is 2.39. The maximum Gasteiger partial charge on any atom is 0.261 e. The zero-order valence-corrected chi connectivity index (χ0v) is 16.9. The van der Waals surface area contributed by atoms with E-state index in [9.17, 15) is 9.59 Å². The van der Waals surface area contributed by atoms with Crippen molar-refractivity contribution >= 4 is 33.4 Å². The van der Waals surface area contributed by atoms with Crippen LogP contribution in [-0.4, -0.2) is 60.0 Å². The van der Waals surface area contributed by atoms with Crippen LogP contribution in [0.3, 0.4) is 0 Å². The van der Waals surface area contributed by atoms with Gasteiger partial charge in [-0.05, 0) is 30.2 Å². The second kappa shape index (κ2) is 8.67. The van der Waals surface area contributed by atoms with Crippen LogP contribution in [0.1, 0.15) is 37.9 Å². The van der Waals surface area contributed by atoms with E-state index in [1.807, 2.05) is 17.0 Å². The molecular weight excluding hydrogens is 388 g/mol. The zero-order chi connectivity index (χ0) is 20.2. The van der Waals surface area contributed by atoms with Gasteiger partial charge in [0.15, 0.2) is 0 Å². The maximum atomic E-state index is 12.8. The molecule has 0 aliphatic carbocycles. The lowest BCUT2D eigenvalue weighted by Crippen LogP contribution is -2.29. The van der Waals surface area contributed by atoms with Crippen LogP contribution < -0.4 is 5.32 Å². The summed E-state index contributed by atoms with van der Waals surface area (Å²) in [6.07, 6.45) is 5.81. The monoisotopic (exact) mass is 410 g/mol. The van der Waals surface area contributed by atoms with E-state index in [0.717, 1.165) is 22.2 Å². The number of hydrogen-bond acceptors (Lipinski definition) is 6. The summed E-state index contributed by atoms with van der Waals surface area (Å²) in [5.41, 5.74) is 1.63. The lowest BCUT2D eigenvalue weighted by Gasteiger charge is -2.17. The second-order valence-electron chi connectivity index (χ2n) is 6.92. The molecule has 150 valence electrons. The van der Waals surface area contributed by atoms with Gasteiger partial charge in [0.05, 0.1) is 11.5 Å². The Kier molecular flexibility index (Phi) is 5.82. The SMILES string of the molecule is COCCNC(=O)c1sc2ncccc2c1[C@H]1CCN(C(=O)c2ccncc2)C1. The van der Waals surface area contributed by atoms with Crippen molar-refractivity contribution < 1.29 is 14.3 Å². The number of rotatable bonds is 6. The minimum absolute atomic E-state index is 0.00124. The first-order chi connectivity index (χ1) is 14.2. The predicted octanol–water partition coefficient (Wildman–Crippen LogP) is 2.70. The normalized spacial score (nSPS) is 16.3. The van der Waals surface area contributed by atoms with E-state index in [1.165, 1.54) is 11.3 Å². The molecule has 4 heterocycles. The van der Waals surface area contributed by atoms with Gasteiger partial charge < -0.3 is 15.0 Å². The molecule has 2 amide bonds. The summed E-state index contributed by atoms with van der Waals surface area (Å²) < 4.78 is 5.03. The lowest BCUT2D eigenvalue weighted by molar-refractivity contribution is 0.0790. The Labute approximate surface area is 172 Å². The number of amides is 2. The Bertz CT molecular complexity index is 1020. The molecule has 1 atom stereocenters. The number of fused-ring (bicyclic) bond motifs is 1. The Morgan fingerprint density at radius 3 is 2.90 bits per heavy atom. The molecule has 0 saturated carbocycles. The Morgan fingerprint density at radius 1 is 1.28 bits per heavy atom. The van der Waals surface area contributed by atoms with Crippen molar-refractivity contribution in [1.82, 2.24) is 20.2 Å². The fraction of sp³-hybridized carbons (Fsp3) is 0.333. The predicted molar refractivity (Wildman–Crippen MR) is 111 cm³/mol. The van der Waals surface area contributed by atoms with Crippen LogP contribution in [0.5, 0.6) is 0 Å². The number of pyridine rings is 2. The summed E-state index contributed by atoms with van der Waals surface area (Å²) >= 11 is 1.41. The molecule has 0 aromatic carbocycles. The molecule has 0 unspecified atom stereocenters. The molecule has 4 rings (SSSR count). The van der Waals surface area contributed by atoms with Crippen molar-refractivity contribution in [3.05, 3.63) is 58.9 Å². The molecule has 1 aliphatic heterocycles. The number of nitrogens with one attached hydrogen (secondary N) is 1. The number of nitrogens with zero attached hydrogens (tertiary/aromatic N) is 3. The minimum atomic E-state index is -0.112. The molecule has 0 bridgehead atoms. The van der Waals surface area contributed by atoms with Crippen LogP contribution in [0.4, 0.5) is 0 Å². The summed E-state index contributed by atoms with van der Waals surface area (Å²) in [6, 6.07) is 7.36. The zero-order valence-electron chi connectivity index (χ0n) is 16.1. The van der Waals surface area contributed by atoms with Crippen molar-refractivity contribution in [1.29, 1.82) is 0 Å². The fourth-order valence-electron chi connectivity index (χ4n) is 3.73. The first-order valence-electron chi connectivity index (χ1n) is 9.53. The lowest BCUT2D eigenvalue weighted by atomic mass is 9.95. The molecule has 3 aromatic heterocycles. The van der Waals surface area contributed by atoms with Gasteiger partial charge in [-0.3, -0.25) is 14.6 Å². The van der Waals surface area contributed by atoms with E-state index in [4.69, 9.17) is 4.74 Å². The number of carbonyl (C=O) groups excluding carboxylic acids is 2. The third kappa shape index (κ3) is 3.99. The van der Waals surface area contributed by atoms with E-state index < -0.39 is 0 Å². The van der Waals surface area contributed by atoms with Crippen molar-refractivity contribution in [2.75, 3.05) is 33.4 Å². The van der Waals surface area contributed by atoms with Gasteiger partial charge in [-0.25, -0.2) is 4.98 Å². The number of hydrogen-bond donors (Lipinski definition) is 1. The average Bonchev–Trinajstić information content (AvgIpc) is 3.38. The smallest absolute Gasteiger partial charge is 0.261 e. The van der Waals surface area contributed by atoms with E-state index in [1.54, 1.807) is 37.8 Å². The Balaban J connectivity index is 1.61. The molecule has 1 fully saturated rings. The van der Waals surface area contributed by atoms with Crippen LogP contribution in [0.25, 0.3) is 10.2 Å². The molecule has 0 spiro atoms. The van der Waals surface area contributed by atoms with Crippen LogP contribution in [-0.2, 0) is 4.74 Å². The molecule has 1 aliphatic rings. The van der Waals surface area contributed by atoms with E-state index in [2.05, 4.69) is 15.3 Å². The van der Waals surface area contributed by atoms with Gasteiger partial charge >= 0.3 is 0 Å². The summed E-state index contributed by atoms with van der Waals surface area (Å²) in [6.45, 7) is 2.16. The van der Waals surface area contributed by atoms with Gasteiger partial charge in [0.2, 0.25) is 0 Å². The number of aromatic nitrogens is 2. The highest BCUT2D eigenvalue weighted by atomic mass is 32.1. The summed E-state index contributed by atoms with van der Waals surface area (Å²) in [5.74, 6) is -0.0143. The number of ether oxygens (including phenoxy) is 1. The quantitative estimate of drug-likeness (QED) is 0.632. The standard InChI is InChI=1S/C21H22N4O3S/c1-28-12-10-23-19(26)18-17(16-3-2-7-24-20(16)29-18)15-6-11-25(13-15)21(27)14-4-8-22-9-5-14/h2-5,7-9,15H,6,10-13H2,1H3,(H,23,26)/t15-/m0/s1. The Morgan fingerprint density at radius 2 is 2.10 bits per heavy atom. The minimum Gasteiger partial charge on any atom is -0.383 e. The third-order valence-corrected chi connectivity index (χ3v) is 6.24. The van der Waals surface area contributed by atoms with E-state index in [0.29, 0.717) is 36.7 Å². The van der Waals surface area contributed by atoms with Crippen molar-refractivity contribution in [3.8, 4) is 0 Å². The van der Waals surface area contributed by atoms with Crippen molar-refractivity contribution in [2.45, 2.75) is 12.3 Å². The molecule has 29 heavy (non-hydrogen) atoms. The fourth-order valence-corrected chi connectivity index (χ4v) is 4.88. The van der Waals surface area contributed by atoms with E-state index in [-0.39, 0.29) is 17.7 Å². The van der Waals surface area contributed by atoms with Crippen molar-refractivity contribution in [3.63, 3.8) is 0 Å². The molecule has 0 radical (unpaired) electrons. The van der Waals surface area contributed by atoms with Crippen LogP contribution >= 0.6 is 11.3 Å². The second-order valence-corrected chi connectivity index (χ2v) is 7.92. The highest BCUT2D eigenvalue weighted by Gasteiger charge is 2.33. The molecule has 7 nitrogen and oxygen atoms in total. The number of likely N-dealkylation sites (tertiary alicyclic amines) is 1. The average molecular weight is 410 g/mol. The van der Waals surface area contributed by atoms with Gasteiger partial charge in [-0.2, -0.15) is 0 Å². The molecule has 8 heteroatoms. The van der Waals surface area contributed by atoms with Gasteiger partial charge in [0.25, 0.3) is 11.8 Å². The van der Waals surface area contributed by atoms with Crippen LogP contribution in [0.15, 0.2) is 42.9 Å². The van der Waals surface area contributed by atoms with Crippen LogP contribution in [0, 0.1) is 0 Å². The Hall–Kier alpha value is -2.84. The molecule has 1 saturated heterocycles. The van der Waals surface area contributed by atoms with Gasteiger partial charge in [0, 0.05) is 62.2 Å². The highest BCUT2D eigenvalue weighted by molar-refractivity contribution is 7.20. The summed E-state index contributed by atoms with van der Waals surface area (Å²) in [4.78, 5) is 37.4. The topological polar surface area (TPSA) is 84.4 Å². The number of carbonyl (C=O) groups is 2. The van der Waals surface area contributed by atoms with Crippen molar-refractivity contribution in [2.24, 2.45) is 0 Å². The molecule has 3 aromatic rings. The first-order valence-corrected chi connectivity index (χ1v) is 10.3. The summed E-state index contributed by atoms with van der Waals surface area (Å²) in [7, 11) is 1.61. The number of methoxy groups -OCH3 is 1. The third-order valence-electron chi connectivity index (χ3n) is 5.11. The molecular formula is C21H22N4O3S. The van der Waals surface area contributed by atoms with Gasteiger partial charge in [-0.15, -0.1) is 11.3 Å². The van der Waals surface area contributed by atoms with E-state index >= 15 is 0 Å².